The highest BCUT2D eigenvalue weighted by Gasteiger charge is 2.12. The number of nitrogens with two attached hydrogens (primary N) is 1. The highest BCUT2D eigenvalue weighted by Crippen LogP contribution is 2.19. The van der Waals surface area contributed by atoms with E-state index in [-0.39, 0.29) is 0 Å². The molecule has 0 bridgehead atoms. The molecule has 0 saturated carbocycles. The van der Waals surface area contributed by atoms with Crippen molar-refractivity contribution in [2.24, 2.45) is 10.7 Å². The maximum Gasteiger partial charge on any atom is 0.324 e. The van der Waals surface area contributed by atoms with E-state index < -0.39 is 6.03 Å². The van der Waals surface area contributed by atoms with E-state index in [1.165, 1.54) is 11.2 Å². The lowest BCUT2D eigenvalue weighted by Gasteiger charge is -2.16. The van der Waals surface area contributed by atoms with Crippen LogP contribution in [0.5, 0.6) is 0 Å². The van der Waals surface area contributed by atoms with Gasteiger partial charge in [0.25, 0.3) is 0 Å². The Kier molecular flexibility index (Phi) is 2.02. The molecular formula is C10H9N3O. The summed E-state index contributed by atoms with van der Waals surface area (Å²) in [5.41, 5.74) is 6.82. The SMILES string of the molecule is NC(=O)N1C=NC2=CC=CC=CC2=C1. The summed E-state index contributed by atoms with van der Waals surface area (Å²) in [5.74, 6) is 0. The highest BCUT2D eigenvalue weighted by atomic mass is 16.2. The molecule has 2 aliphatic rings. The summed E-state index contributed by atoms with van der Waals surface area (Å²) < 4.78 is 0. The first-order chi connectivity index (χ1) is 6.77. The van der Waals surface area contributed by atoms with E-state index in [2.05, 4.69) is 4.99 Å². The fourth-order valence-corrected chi connectivity index (χ4v) is 1.21. The molecule has 2 rings (SSSR count). The molecule has 0 atom stereocenters. The Morgan fingerprint density at radius 3 is 3.00 bits per heavy atom. The lowest BCUT2D eigenvalue weighted by molar-refractivity contribution is 0.239. The molecule has 2 amide bonds. The molecule has 2 N–H and O–H groups in total. The Bertz CT molecular complexity index is 413. The number of hydrogen-bond acceptors (Lipinski definition) is 2. The maximum absolute atomic E-state index is 10.9. The monoisotopic (exact) mass is 187 g/mol. The van der Waals surface area contributed by atoms with Crippen LogP contribution in [-0.4, -0.2) is 17.3 Å². The van der Waals surface area contributed by atoms with Gasteiger partial charge in [0.15, 0.2) is 0 Å². The van der Waals surface area contributed by atoms with Gasteiger partial charge in [-0.1, -0.05) is 24.3 Å². The van der Waals surface area contributed by atoms with Gasteiger partial charge in [0, 0.05) is 11.8 Å². The first-order valence-electron chi connectivity index (χ1n) is 4.16. The normalized spacial score (nSPS) is 18.4. The average Bonchev–Trinajstić information content (AvgIpc) is 2.41. The first kappa shape index (κ1) is 8.50. The summed E-state index contributed by atoms with van der Waals surface area (Å²) in [6.45, 7) is 0. The second kappa shape index (κ2) is 3.33. The molecule has 0 saturated heterocycles. The third kappa shape index (κ3) is 1.50. The number of hydrogen-bond donors (Lipinski definition) is 1. The van der Waals surface area contributed by atoms with E-state index in [0.717, 1.165) is 11.3 Å². The number of fused-ring (bicyclic) bond motifs is 1. The van der Waals surface area contributed by atoms with Gasteiger partial charge in [0.2, 0.25) is 0 Å². The standard InChI is InChI=1S/C10H9N3O/c11-10(14)13-6-8-4-2-1-3-5-9(8)12-7-13/h1-7H,(H2,11,14). The molecule has 0 aromatic rings. The van der Waals surface area contributed by atoms with Gasteiger partial charge in [-0.05, 0) is 6.08 Å². The highest BCUT2D eigenvalue weighted by molar-refractivity contribution is 5.88. The van der Waals surface area contributed by atoms with Crippen LogP contribution in [0.25, 0.3) is 0 Å². The smallest absolute Gasteiger partial charge is 0.324 e. The Morgan fingerprint density at radius 1 is 1.36 bits per heavy atom. The molecule has 0 aromatic heterocycles. The van der Waals surface area contributed by atoms with E-state index in [9.17, 15) is 4.79 Å². The Balaban J connectivity index is 2.37. The van der Waals surface area contributed by atoms with Crippen molar-refractivity contribution < 1.29 is 4.79 Å². The van der Waals surface area contributed by atoms with Crippen molar-refractivity contribution in [3.8, 4) is 0 Å². The summed E-state index contributed by atoms with van der Waals surface area (Å²) in [6.07, 6.45) is 12.5. The summed E-state index contributed by atoms with van der Waals surface area (Å²) in [4.78, 5) is 16.2. The summed E-state index contributed by atoms with van der Waals surface area (Å²) in [7, 11) is 0. The van der Waals surface area contributed by atoms with Crippen LogP contribution in [0.1, 0.15) is 0 Å². The molecule has 14 heavy (non-hydrogen) atoms. The number of urea groups is 1. The van der Waals surface area contributed by atoms with Crippen molar-refractivity contribution in [2.75, 3.05) is 0 Å². The largest absolute Gasteiger partial charge is 0.351 e. The van der Waals surface area contributed by atoms with Crippen LogP contribution in [0.4, 0.5) is 4.79 Å². The molecule has 0 fully saturated rings. The number of aliphatic imine (C=N–C) groups is 1. The third-order valence-corrected chi connectivity index (χ3v) is 1.90. The van der Waals surface area contributed by atoms with Crippen molar-refractivity contribution in [2.45, 2.75) is 0 Å². The van der Waals surface area contributed by atoms with E-state index in [1.54, 1.807) is 6.20 Å². The van der Waals surface area contributed by atoms with Crippen LogP contribution >= 0.6 is 0 Å². The van der Waals surface area contributed by atoms with Crippen LogP contribution in [0.15, 0.2) is 52.8 Å². The Labute approximate surface area is 81.4 Å². The van der Waals surface area contributed by atoms with Crippen molar-refractivity contribution >= 4 is 12.4 Å². The van der Waals surface area contributed by atoms with E-state index in [4.69, 9.17) is 5.73 Å². The predicted molar refractivity (Wildman–Crippen MR) is 54.4 cm³/mol. The Morgan fingerprint density at radius 2 is 2.21 bits per heavy atom. The van der Waals surface area contributed by atoms with Crippen LogP contribution in [0.3, 0.4) is 0 Å². The Hall–Kier alpha value is -2.10. The van der Waals surface area contributed by atoms with Crippen LogP contribution in [0.2, 0.25) is 0 Å². The number of carbonyl (C=O) groups excluding carboxylic acids is 1. The zero-order valence-corrected chi connectivity index (χ0v) is 7.42. The van der Waals surface area contributed by atoms with E-state index in [1.807, 2.05) is 30.4 Å². The molecule has 1 aliphatic carbocycles. The third-order valence-electron chi connectivity index (χ3n) is 1.90. The van der Waals surface area contributed by atoms with Crippen molar-refractivity contribution in [1.29, 1.82) is 0 Å². The van der Waals surface area contributed by atoms with Gasteiger partial charge in [-0.2, -0.15) is 0 Å². The van der Waals surface area contributed by atoms with Crippen LogP contribution in [0, 0.1) is 0 Å². The molecule has 70 valence electrons. The number of primary amides is 1. The van der Waals surface area contributed by atoms with Crippen molar-refractivity contribution in [1.82, 2.24) is 4.90 Å². The van der Waals surface area contributed by atoms with Crippen LogP contribution in [-0.2, 0) is 0 Å². The lowest BCUT2D eigenvalue weighted by atomic mass is 10.2. The second-order valence-electron chi connectivity index (χ2n) is 2.87. The molecule has 0 radical (unpaired) electrons. The number of rotatable bonds is 0. The predicted octanol–water partition coefficient (Wildman–Crippen LogP) is 1.30. The lowest BCUT2D eigenvalue weighted by Crippen LogP contribution is -2.31. The van der Waals surface area contributed by atoms with Gasteiger partial charge in [-0.15, -0.1) is 0 Å². The summed E-state index contributed by atoms with van der Waals surface area (Å²) in [5, 5.41) is 0. The molecule has 4 nitrogen and oxygen atoms in total. The summed E-state index contributed by atoms with van der Waals surface area (Å²) >= 11 is 0. The molecule has 0 spiro atoms. The van der Waals surface area contributed by atoms with Gasteiger partial charge in [0.1, 0.15) is 6.34 Å². The molecule has 0 aromatic carbocycles. The van der Waals surface area contributed by atoms with Gasteiger partial charge in [-0.3, -0.25) is 4.90 Å². The maximum atomic E-state index is 10.9. The number of nitrogens with zero attached hydrogens (tertiary/aromatic N) is 2. The minimum Gasteiger partial charge on any atom is -0.351 e. The van der Waals surface area contributed by atoms with Gasteiger partial charge in [-0.25, -0.2) is 9.79 Å². The second-order valence-corrected chi connectivity index (χ2v) is 2.87. The topological polar surface area (TPSA) is 58.7 Å². The van der Waals surface area contributed by atoms with Gasteiger partial charge in [0.05, 0.1) is 5.70 Å². The number of allylic oxidation sites excluding steroid dienone is 5. The van der Waals surface area contributed by atoms with E-state index >= 15 is 0 Å². The minimum absolute atomic E-state index is 0.536. The zero-order valence-electron chi connectivity index (χ0n) is 7.42. The van der Waals surface area contributed by atoms with E-state index in [0.29, 0.717) is 0 Å². The quantitative estimate of drug-likeness (QED) is 0.610. The molecule has 0 unspecified atom stereocenters. The molecule has 1 aliphatic heterocycles. The number of amides is 2. The molecule has 1 heterocycles. The van der Waals surface area contributed by atoms with Crippen molar-refractivity contribution in [3.63, 3.8) is 0 Å². The van der Waals surface area contributed by atoms with Gasteiger partial charge >= 0.3 is 6.03 Å². The zero-order chi connectivity index (χ0) is 9.97. The summed E-state index contributed by atoms with van der Waals surface area (Å²) in [6, 6.07) is -0.536. The minimum atomic E-state index is -0.536. The fraction of sp³-hybridized carbons (Fsp3) is 0. The first-order valence-corrected chi connectivity index (χ1v) is 4.16. The average molecular weight is 187 g/mol. The van der Waals surface area contributed by atoms with Crippen molar-refractivity contribution in [3.05, 3.63) is 47.9 Å². The van der Waals surface area contributed by atoms with Crippen LogP contribution < -0.4 is 5.73 Å². The number of carbonyl (C=O) groups is 1. The molecular weight excluding hydrogens is 178 g/mol. The fourth-order valence-electron chi connectivity index (χ4n) is 1.21. The van der Waals surface area contributed by atoms with Gasteiger partial charge < -0.3 is 5.73 Å². The molecule has 4 heteroatoms.